The summed E-state index contributed by atoms with van der Waals surface area (Å²) >= 11 is 0. The fraction of sp³-hybridized carbons (Fsp3) is 1.00. The molecule has 1 N–H and O–H groups in total. The van der Waals surface area contributed by atoms with Gasteiger partial charge in [-0.1, -0.05) is 40.5 Å². The Hall–Kier alpha value is -0.0800. The quantitative estimate of drug-likeness (QED) is 0.592. The molecule has 104 valence electrons. The van der Waals surface area contributed by atoms with Crippen molar-refractivity contribution < 1.29 is 4.74 Å². The van der Waals surface area contributed by atoms with E-state index in [4.69, 9.17) is 4.74 Å². The van der Waals surface area contributed by atoms with Crippen LogP contribution in [0, 0.1) is 5.92 Å². The molecule has 0 aliphatic rings. The molecule has 0 rings (SSSR count). The predicted molar refractivity (Wildman–Crippen MR) is 76.5 cm³/mol. The Kier molecular flexibility index (Phi) is 11.0. The van der Waals surface area contributed by atoms with Crippen molar-refractivity contribution in [2.75, 3.05) is 13.2 Å². The van der Waals surface area contributed by atoms with Crippen LogP contribution in [-0.2, 0) is 4.74 Å². The molecule has 0 saturated carbocycles. The molecule has 0 aromatic heterocycles. The van der Waals surface area contributed by atoms with E-state index in [1.807, 2.05) is 0 Å². The van der Waals surface area contributed by atoms with Crippen LogP contribution in [0.1, 0.15) is 66.7 Å². The Labute approximate surface area is 109 Å². The lowest BCUT2D eigenvalue weighted by atomic mass is 9.90. The highest BCUT2D eigenvalue weighted by molar-refractivity contribution is 4.81. The normalized spacial score (nSPS) is 16.8. The summed E-state index contributed by atoms with van der Waals surface area (Å²) in [6, 6.07) is 0.523. The standard InChI is InChI=1S/C15H33NO/c1-6-10-13(5)15(16-12-8-3)14(11-7-2)17-9-4/h13-16H,6-12H2,1-5H3. The maximum absolute atomic E-state index is 5.95. The third-order valence-electron chi connectivity index (χ3n) is 3.34. The van der Waals surface area contributed by atoms with E-state index in [9.17, 15) is 0 Å². The van der Waals surface area contributed by atoms with Gasteiger partial charge in [0.2, 0.25) is 0 Å². The van der Waals surface area contributed by atoms with Gasteiger partial charge >= 0.3 is 0 Å². The zero-order chi connectivity index (χ0) is 13.1. The average Bonchev–Trinajstić information content (AvgIpc) is 2.30. The van der Waals surface area contributed by atoms with Gasteiger partial charge in [0.15, 0.2) is 0 Å². The van der Waals surface area contributed by atoms with E-state index in [0.717, 1.165) is 13.2 Å². The lowest BCUT2D eigenvalue weighted by Crippen LogP contribution is -2.46. The van der Waals surface area contributed by atoms with E-state index in [1.54, 1.807) is 0 Å². The summed E-state index contributed by atoms with van der Waals surface area (Å²) in [5, 5.41) is 3.70. The van der Waals surface area contributed by atoms with E-state index in [-0.39, 0.29) is 0 Å². The summed E-state index contributed by atoms with van der Waals surface area (Å²) in [4.78, 5) is 0. The third-order valence-corrected chi connectivity index (χ3v) is 3.34. The summed E-state index contributed by atoms with van der Waals surface area (Å²) in [6.45, 7) is 13.1. The largest absolute Gasteiger partial charge is 0.377 e. The highest BCUT2D eigenvalue weighted by Crippen LogP contribution is 2.19. The van der Waals surface area contributed by atoms with Gasteiger partial charge in [0.25, 0.3) is 0 Å². The lowest BCUT2D eigenvalue weighted by molar-refractivity contribution is 0.0126. The minimum absolute atomic E-state index is 0.387. The smallest absolute Gasteiger partial charge is 0.0730 e. The summed E-state index contributed by atoms with van der Waals surface area (Å²) in [5.74, 6) is 0.703. The van der Waals surface area contributed by atoms with Crippen LogP contribution in [0.4, 0.5) is 0 Å². The SMILES string of the molecule is CCCNC(C(C)CCC)C(CCC)OCC. The molecule has 2 heteroatoms. The van der Waals surface area contributed by atoms with Gasteiger partial charge in [0.05, 0.1) is 6.10 Å². The molecule has 3 atom stereocenters. The van der Waals surface area contributed by atoms with E-state index in [0.29, 0.717) is 18.1 Å². The van der Waals surface area contributed by atoms with E-state index < -0.39 is 0 Å². The van der Waals surface area contributed by atoms with E-state index in [2.05, 4.69) is 39.9 Å². The van der Waals surface area contributed by atoms with Crippen molar-refractivity contribution in [2.45, 2.75) is 78.9 Å². The monoisotopic (exact) mass is 243 g/mol. The first-order valence-corrected chi connectivity index (χ1v) is 7.56. The highest BCUT2D eigenvalue weighted by Gasteiger charge is 2.25. The van der Waals surface area contributed by atoms with Crippen LogP contribution < -0.4 is 5.32 Å². The first kappa shape index (κ1) is 16.9. The topological polar surface area (TPSA) is 21.3 Å². The summed E-state index contributed by atoms with van der Waals surface area (Å²) in [7, 11) is 0. The molecule has 3 unspecified atom stereocenters. The number of hydrogen-bond acceptors (Lipinski definition) is 2. The van der Waals surface area contributed by atoms with Gasteiger partial charge < -0.3 is 10.1 Å². The predicted octanol–water partition coefficient (Wildman–Crippen LogP) is 4.00. The summed E-state index contributed by atoms with van der Waals surface area (Å²) in [5.41, 5.74) is 0. The van der Waals surface area contributed by atoms with Crippen molar-refractivity contribution in [3.05, 3.63) is 0 Å². The molecule has 0 radical (unpaired) electrons. The molecule has 0 saturated heterocycles. The number of hydrogen-bond donors (Lipinski definition) is 1. The minimum Gasteiger partial charge on any atom is -0.377 e. The number of ether oxygens (including phenoxy) is 1. The van der Waals surface area contributed by atoms with Crippen molar-refractivity contribution in [1.82, 2.24) is 5.32 Å². The Morgan fingerprint density at radius 1 is 0.941 bits per heavy atom. The second kappa shape index (κ2) is 11.0. The Morgan fingerprint density at radius 2 is 1.59 bits per heavy atom. The second-order valence-corrected chi connectivity index (χ2v) is 5.03. The first-order chi connectivity index (χ1) is 8.21. The Bertz CT molecular complexity index is 155. The highest BCUT2D eigenvalue weighted by atomic mass is 16.5. The molecule has 17 heavy (non-hydrogen) atoms. The van der Waals surface area contributed by atoms with Crippen molar-refractivity contribution in [1.29, 1.82) is 0 Å². The van der Waals surface area contributed by atoms with Crippen molar-refractivity contribution in [3.63, 3.8) is 0 Å². The third kappa shape index (κ3) is 7.05. The maximum atomic E-state index is 5.95. The zero-order valence-electron chi connectivity index (χ0n) is 12.6. The molecule has 0 bridgehead atoms. The van der Waals surface area contributed by atoms with Crippen molar-refractivity contribution in [3.8, 4) is 0 Å². The van der Waals surface area contributed by atoms with Crippen LogP contribution >= 0.6 is 0 Å². The molecule has 2 nitrogen and oxygen atoms in total. The zero-order valence-corrected chi connectivity index (χ0v) is 12.6. The molecule has 0 amide bonds. The minimum atomic E-state index is 0.387. The van der Waals surface area contributed by atoms with Gasteiger partial charge in [-0.25, -0.2) is 0 Å². The molecule has 0 aliphatic heterocycles. The lowest BCUT2D eigenvalue weighted by Gasteiger charge is -2.32. The van der Waals surface area contributed by atoms with Gasteiger partial charge in [-0.15, -0.1) is 0 Å². The molecular weight excluding hydrogens is 210 g/mol. The average molecular weight is 243 g/mol. The van der Waals surface area contributed by atoms with Crippen molar-refractivity contribution >= 4 is 0 Å². The summed E-state index contributed by atoms with van der Waals surface area (Å²) in [6.07, 6.45) is 6.50. The van der Waals surface area contributed by atoms with Crippen LogP contribution in [0.5, 0.6) is 0 Å². The van der Waals surface area contributed by atoms with Crippen LogP contribution in [0.15, 0.2) is 0 Å². The second-order valence-electron chi connectivity index (χ2n) is 5.03. The fourth-order valence-electron chi connectivity index (χ4n) is 2.51. The fourth-order valence-corrected chi connectivity index (χ4v) is 2.51. The first-order valence-electron chi connectivity index (χ1n) is 7.56. The van der Waals surface area contributed by atoms with Crippen molar-refractivity contribution in [2.24, 2.45) is 5.92 Å². The van der Waals surface area contributed by atoms with Gasteiger partial charge in [-0.3, -0.25) is 0 Å². The maximum Gasteiger partial charge on any atom is 0.0730 e. The van der Waals surface area contributed by atoms with E-state index in [1.165, 1.54) is 32.1 Å². The molecule has 0 aliphatic carbocycles. The Morgan fingerprint density at radius 3 is 2.06 bits per heavy atom. The van der Waals surface area contributed by atoms with Gasteiger partial charge in [-0.2, -0.15) is 0 Å². The molecular formula is C15H33NO. The van der Waals surface area contributed by atoms with Gasteiger partial charge in [-0.05, 0) is 38.6 Å². The summed E-state index contributed by atoms with van der Waals surface area (Å²) < 4.78 is 5.95. The van der Waals surface area contributed by atoms with Crippen LogP contribution in [-0.4, -0.2) is 25.3 Å². The molecule has 0 spiro atoms. The molecule has 0 aromatic carbocycles. The number of rotatable bonds is 11. The molecule has 0 aromatic rings. The van der Waals surface area contributed by atoms with Crippen LogP contribution in [0.3, 0.4) is 0 Å². The van der Waals surface area contributed by atoms with Crippen LogP contribution in [0.25, 0.3) is 0 Å². The number of nitrogens with one attached hydrogen (secondary N) is 1. The van der Waals surface area contributed by atoms with E-state index >= 15 is 0 Å². The van der Waals surface area contributed by atoms with Gasteiger partial charge in [0, 0.05) is 12.6 Å². The Balaban J connectivity index is 4.45. The molecule has 0 fully saturated rings. The molecule has 0 heterocycles. The van der Waals surface area contributed by atoms with Crippen LogP contribution in [0.2, 0.25) is 0 Å². The van der Waals surface area contributed by atoms with Gasteiger partial charge in [0.1, 0.15) is 0 Å².